The van der Waals surface area contributed by atoms with E-state index in [4.69, 9.17) is 32.7 Å². The number of rotatable bonds is 12. The number of aromatic nitrogens is 2. The smallest absolute Gasteiger partial charge is 0.337 e. The first kappa shape index (κ1) is 42.8. The average molecular weight is 858 g/mol. The van der Waals surface area contributed by atoms with E-state index in [1.54, 1.807) is 54.9 Å². The number of hydrogen-bond donors (Lipinski definition) is 2. The van der Waals surface area contributed by atoms with Gasteiger partial charge in [-0.25, -0.2) is 14.0 Å². The van der Waals surface area contributed by atoms with Crippen molar-refractivity contribution in [2.45, 2.75) is 64.6 Å². The summed E-state index contributed by atoms with van der Waals surface area (Å²) in [4.78, 5) is 31.1. The number of benzene rings is 4. The molecular formula is C50H43Cl2FN2O6. The van der Waals surface area contributed by atoms with E-state index in [1.165, 1.54) is 18.5 Å². The summed E-state index contributed by atoms with van der Waals surface area (Å²) in [5.41, 5.74) is 9.71. The van der Waals surface area contributed by atoms with E-state index in [2.05, 4.69) is 9.97 Å². The Morgan fingerprint density at radius 2 is 1.02 bits per heavy atom. The zero-order valence-electron chi connectivity index (χ0n) is 33.3. The van der Waals surface area contributed by atoms with E-state index in [9.17, 15) is 24.2 Å². The van der Waals surface area contributed by atoms with Crippen molar-refractivity contribution < 1.29 is 33.7 Å². The largest absolute Gasteiger partial charge is 0.488 e. The number of carboxylic acid groups (broad SMARTS) is 2. The molecule has 0 spiro atoms. The number of carboxylic acids is 2. The van der Waals surface area contributed by atoms with E-state index in [-0.39, 0.29) is 23.6 Å². The minimum Gasteiger partial charge on any atom is -0.488 e. The molecule has 2 heterocycles. The second kappa shape index (κ2) is 20.3. The van der Waals surface area contributed by atoms with E-state index < -0.39 is 11.9 Å². The fourth-order valence-electron chi connectivity index (χ4n) is 7.72. The van der Waals surface area contributed by atoms with Gasteiger partial charge in [-0.15, -0.1) is 0 Å². The van der Waals surface area contributed by atoms with Gasteiger partial charge in [0.2, 0.25) is 0 Å². The number of aromatic carboxylic acids is 2. The van der Waals surface area contributed by atoms with Crippen molar-refractivity contribution in [3.63, 3.8) is 0 Å². The Morgan fingerprint density at radius 1 is 0.557 bits per heavy atom. The summed E-state index contributed by atoms with van der Waals surface area (Å²) in [5.74, 6) is -0.905. The van der Waals surface area contributed by atoms with Gasteiger partial charge in [0.1, 0.15) is 30.5 Å². The lowest BCUT2D eigenvalue weighted by Gasteiger charge is -2.23. The highest BCUT2D eigenvalue weighted by atomic mass is 35.5. The molecule has 4 aromatic carbocycles. The summed E-state index contributed by atoms with van der Waals surface area (Å²) in [6.07, 6.45) is 13.6. The number of halogens is 3. The molecule has 0 radical (unpaired) electrons. The fourth-order valence-corrected chi connectivity index (χ4v) is 8.06. The van der Waals surface area contributed by atoms with E-state index in [0.717, 1.165) is 107 Å². The summed E-state index contributed by atoms with van der Waals surface area (Å²) in [6, 6.07) is 31.0. The molecule has 2 aromatic heterocycles. The SMILES string of the molecule is O=C(O)c1cncc(C2=C(c3cc(Cl)ccc3OCc3ccccc3)CCCC2)c1.O=C(O)c1cncc(C2=C(c3cc(Cl)ccc3OCc3ccccc3F)CCCC2)c1. The molecule has 0 atom stereocenters. The zero-order chi connectivity index (χ0) is 42.7. The van der Waals surface area contributed by atoms with Crippen LogP contribution in [0.2, 0.25) is 10.0 Å². The Bertz CT molecular complexity index is 2610. The van der Waals surface area contributed by atoms with Crippen molar-refractivity contribution in [1.82, 2.24) is 9.97 Å². The molecule has 310 valence electrons. The first-order valence-corrected chi connectivity index (χ1v) is 20.8. The Balaban J connectivity index is 0.000000184. The standard InChI is InChI=1S/C25H21ClFNO3.C25H22ClNO3/c26-19-9-10-24(31-15-16-5-1-4-8-23(16)27)22(12-19)21-7-3-2-6-20(21)17-11-18(25(29)30)14-28-13-17;26-20-10-11-24(30-16-17-6-2-1-3-7-17)23(13-20)22-9-5-4-8-21(22)18-12-19(25(28)29)15-27-14-18/h1,4-5,8-14H,2-3,6-7,15H2,(H,29,30);1-3,6-7,10-15H,4-5,8-9,16H2,(H,28,29). The molecule has 0 amide bonds. The van der Waals surface area contributed by atoms with Gasteiger partial charge in [0.25, 0.3) is 0 Å². The van der Waals surface area contributed by atoms with Crippen LogP contribution in [0.1, 0.15) is 105 Å². The van der Waals surface area contributed by atoms with Crippen LogP contribution < -0.4 is 9.47 Å². The van der Waals surface area contributed by atoms with Gasteiger partial charge in [-0.05, 0) is 145 Å². The van der Waals surface area contributed by atoms with Crippen LogP contribution in [0.4, 0.5) is 4.39 Å². The minimum absolute atomic E-state index is 0.0972. The molecule has 2 aliphatic carbocycles. The predicted octanol–water partition coefficient (Wildman–Crippen LogP) is 13.1. The summed E-state index contributed by atoms with van der Waals surface area (Å²) in [7, 11) is 0. The molecule has 0 saturated carbocycles. The highest BCUT2D eigenvalue weighted by Crippen LogP contribution is 2.44. The van der Waals surface area contributed by atoms with Crippen molar-refractivity contribution in [2.75, 3.05) is 0 Å². The Kier molecular flexibility index (Phi) is 14.3. The molecule has 0 saturated heterocycles. The molecule has 8 rings (SSSR count). The highest BCUT2D eigenvalue weighted by Gasteiger charge is 2.23. The van der Waals surface area contributed by atoms with Crippen LogP contribution in [0, 0.1) is 5.82 Å². The molecule has 0 aliphatic heterocycles. The van der Waals surface area contributed by atoms with Gasteiger partial charge in [0.15, 0.2) is 0 Å². The maximum absolute atomic E-state index is 14.0. The molecule has 8 nitrogen and oxygen atoms in total. The highest BCUT2D eigenvalue weighted by molar-refractivity contribution is 6.31. The minimum atomic E-state index is -1.01. The Labute approximate surface area is 364 Å². The molecule has 11 heteroatoms. The van der Waals surface area contributed by atoms with Crippen molar-refractivity contribution in [3.05, 3.63) is 188 Å². The number of hydrogen-bond acceptors (Lipinski definition) is 6. The van der Waals surface area contributed by atoms with Gasteiger partial charge < -0.3 is 19.7 Å². The molecule has 0 unspecified atom stereocenters. The molecule has 6 aromatic rings. The Morgan fingerprint density at radius 3 is 1.51 bits per heavy atom. The predicted molar refractivity (Wildman–Crippen MR) is 237 cm³/mol. The molecule has 2 N–H and O–H groups in total. The third kappa shape index (κ3) is 10.9. The monoisotopic (exact) mass is 856 g/mol. The van der Waals surface area contributed by atoms with Crippen molar-refractivity contribution >= 4 is 57.4 Å². The number of allylic oxidation sites excluding steroid dienone is 4. The van der Waals surface area contributed by atoms with Crippen LogP contribution in [-0.4, -0.2) is 32.1 Å². The zero-order valence-corrected chi connectivity index (χ0v) is 34.8. The molecule has 0 fully saturated rings. The lowest BCUT2D eigenvalue weighted by atomic mass is 9.84. The van der Waals surface area contributed by atoms with Crippen molar-refractivity contribution in [1.29, 1.82) is 0 Å². The molecule has 0 bridgehead atoms. The van der Waals surface area contributed by atoms with Gasteiger partial charge in [0.05, 0.1) is 11.1 Å². The lowest BCUT2D eigenvalue weighted by Crippen LogP contribution is -2.05. The summed E-state index contributed by atoms with van der Waals surface area (Å²) < 4.78 is 26.2. The number of pyridine rings is 2. The topological polar surface area (TPSA) is 119 Å². The van der Waals surface area contributed by atoms with Crippen LogP contribution in [-0.2, 0) is 13.2 Å². The third-order valence-corrected chi connectivity index (χ3v) is 11.2. The van der Waals surface area contributed by atoms with Gasteiger partial charge in [-0.1, -0.05) is 71.7 Å². The lowest BCUT2D eigenvalue weighted by molar-refractivity contribution is 0.0685. The summed E-state index contributed by atoms with van der Waals surface area (Å²) in [6.45, 7) is 0.564. The third-order valence-electron chi connectivity index (χ3n) is 10.7. The van der Waals surface area contributed by atoms with Crippen LogP contribution in [0.25, 0.3) is 22.3 Å². The molecule has 2 aliphatic rings. The van der Waals surface area contributed by atoms with Gasteiger partial charge in [-0.3, -0.25) is 9.97 Å². The maximum Gasteiger partial charge on any atom is 0.337 e. The average Bonchev–Trinajstić information content (AvgIpc) is 3.29. The van der Waals surface area contributed by atoms with Gasteiger partial charge >= 0.3 is 11.9 Å². The number of carbonyl (C=O) groups is 2. The molecule has 61 heavy (non-hydrogen) atoms. The van der Waals surface area contributed by atoms with E-state index in [1.807, 2.05) is 54.6 Å². The van der Waals surface area contributed by atoms with Crippen molar-refractivity contribution in [2.24, 2.45) is 0 Å². The normalized spacial score (nSPS) is 13.9. The van der Waals surface area contributed by atoms with Crippen LogP contribution in [0.3, 0.4) is 0 Å². The Hall–Kier alpha value is -6.29. The van der Waals surface area contributed by atoms with Crippen LogP contribution in [0.5, 0.6) is 11.5 Å². The van der Waals surface area contributed by atoms with E-state index in [0.29, 0.717) is 28.0 Å². The molecular weight excluding hydrogens is 814 g/mol. The van der Waals surface area contributed by atoms with Crippen molar-refractivity contribution in [3.8, 4) is 11.5 Å². The first-order valence-electron chi connectivity index (χ1n) is 20.1. The number of nitrogens with zero attached hydrogens (tertiary/aromatic N) is 2. The fraction of sp³-hybridized carbons (Fsp3) is 0.200. The second-order valence-corrected chi connectivity index (χ2v) is 15.7. The van der Waals surface area contributed by atoms with Crippen LogP contribution in [0.15, 0.2) is 128 Å². The first-order chi connectivity index (χ1) is 29.6. The van der Waals surface area contributed by atoms with Gasteiger partial charge in [0, 0.05) is 51.5 Å². The van der Waals surface area contributed by atoms with E-state index >= 15 is 0 Å². The summed E-state index contributed by atoms with van der Waals surface area (Å²) in [5, 5.41) is 19.9. The summed E-state index contributed by atoms with van der Waals surface area (Å²) >= 11 is 12.7. The quantitative estimate of drug-likeness (QED) is 0.125. The second-order valence-electron chi connectivity index (χ2n) is 14.8. The van der Waals surface area contributed by atoms with Gasteiger partial charge in [-0.2, -0.15) is 0 Å². The number of ether oxygens (including phenoxy) is 2. The maximum atomic E-state index is 14.0. The van der Waals surface area contributed by atoms with Crippen LogP contribution >= 0.6 is 23.2 Å².